The summed E-state index contributed by atoms with van der Waals surface area (Å²) in [5.74, 6) is 0.714. The van der Waals surface area contributed by atoms with E-state index in [1.807, 2.05) is 26.0 Å². The fourth-order valence-corrected chi connectivity index (χ4v) is 7.40. The maximum Gasteiger partial charge on any atom is 0.118 e. The molecule has 0 spiro atoms. The normalized spacial score (nSPS) is 11.6. The van der Waals surface area contributed by atoms with Crippen LogP contribution < -0.4 is 10.4 Å². The van der Waals surface area contributed by atoms with E-state index in [0.29, 0.717) is 11.5 Å². The zero-order valence-electron chi connectivity index (χ0n) is 13.3. The zero-order chi connectivity index (χ0) is 15.6. The van der Waals surface area contributed by atoms with Crippen molar-refractivity contribution in [3.63, 3.8) is 0 Å². The number of aromatic hydroxyl groups is 2. The lowest BCUT2D eigenvalue weighted by atomic mass is 10.2. The Morgan fingerprint density at radius 1 is 0.762 bits per heavy atom. The highest BCUT2D eigenvalue weighted by Crippen LogP contribution is 2.22. The van der Waals surface area contributed by atoms with Gasteiger partial charge in [-0.25, -0.2) is 0 Å². The van der Waals surface area contributed by atoms with E-state index >= 15 is 0 Å². The zero-order valence-corrected chi connectivity index (χ0v) is 14.3. The van der Waals surface area contributed by atoms with E-state index in [0.717, 1.165) is 23.2 Å². The molecule has 0 bridgehead atoms. The monoisotopic (exact) mass is 300 g/mol. The topological polar surface area (TPSA) is 40.5 Å². The van der Waals surface area contributed by atoms with E-state index in [2.05, 4.69) is 38.1 Å². The van der Waals surface area contributed by atoms with Gasteiger partial charge < -0.3 is 10.2 Å². The van der Waals surface area contributed by atoms with Gasteiger partial charge in [-0.1, -0.05) is 60.6 Å². The van der Waals surface area contributed by atoms with Crippen LogP contribution in [0.3, 0.4) is 0 Å². The van der Waals surface area contributed by atoms with Crippen molar-refractivity contribution in [2.45, 2.75) is 39.8 Å². The molecule has 0 atom stereocenters. The van der Waals surface area contributed by atoms with Gasteiger partial charge in [0.1, 0.15) is 19.6 Å². The van der Waals surface area contributed by atoms with Crippen molar-refractivity contribution >= 4 is 18.4 Å². The largest absolute Gasteiger partial charge is 0.508 e. The molecular weight excluding hydrogens is 276 g/mol. The third-order valence-corrected chi connectivity index (χ3v) is 9.95. The van der Waals surface area contributed by atoms with E-state index in [-0.39, 0.29) is 0 Å². The van der Waals surface area contributed by atoms with E-state index < -0.39 is 8.07 Å². The molecule has 0 heterocycles. The summed E-state index contributed by atoms with van der Waals surface area (Å²) in [5.41, 5.74) is 1.86. The van der Waals surface area contributed by atoms with Gasteiger partial charge in [0.05, 0.1) is 0 Å². The quantitative estimate of drug-likeness (QED) is 0.850. The number of rotatable bonds is 4. The van der Waals surface area contributed by atoms with Gasteiger partial charge in [0.2, 0.25) is 0 Å². The van der Waals surface area contributed by atoms with E-state index in [4.69, 9.17) is 0 Å². The fourth-order valence-electron chi connectivity index (χ4n) is 3.14. The Morgan fingerprint density at radius 3 is 1.43 bits per heavy atom. The smallest absolute Gasteiger partial charge is 0.118 e. The second-order valence-corrected chi connectivity index (χ2v) is 10.5. The molecule has 0 aliphatic rings. The molecule has 0 fully saturated rings. The maximum absolute atomic E-state index is 9.79. The Bertz CT molecular complexity index is 592. The van der Waals surface area contributed by atoms with Gasteiger partial charge >= 0.3 is 0 Å². The van der Waals surface area contributed by atoms with Crippen LogP contribution in [-0.2, 0) is 0 Å². The van der Waals surface area contributed by atoms with Crippen LogP contribution in [0.25, 0.3) is 0 Å². The van der Waals surface area contributed by atoms with Crippen molar-refractivity contribution in [1.82, 2.24) is 0 Å². The number of phenols is 2. The Kier molecular flexibility index (Phi) is 4.42. The van der Waals surface area contributed by atoms with Crippen LogP contribution in [0, 0.1) is 13.8 Å². The third-order valence-electron chi connectivity index (χ3n) is 4.71. The number of benzene rings is 2. The lowest BCUT2D eigenvalue weighted by molar-refractivity contribution is 0.471. The number of aryl methyl sites for hydroxylation is 2. The highest BCUT2D eigenvalue weighted by molar-refractivity contribution is 7.02. The molecule has 3 heteroatoms. The lowest BCUT2D eigenvalue weighted by Gasteiger charge is -2.31. The van der Waals surface area contributed by atoms with Crippen molar-refractivity contribution in [2.75, 3.05) is 0 Å². The average molecular weight is 300 g/mol. The lowest BCUT2D eigenvalue weighted by Crippen LogP contribution is -2.57. The molecule has 2 aromatic rings. The van der Waals surface area contributed by atoms with Crippen LogP contribution in [0.1, 0.15) is 25.0 Å². The Labute approximate surface area is 128 Å². The molecule has 0 aliphatic heterocycles. The molecule has 0 radical (unpaired) electrons. The molecule has 2 aromatic carbocycles. The van der Waals surface area contributed by atoms with Gasteiger partial charge in [0.25, 0.3) is 0 Å². The van der Waals surface area contributed by atoms with Gasteiger partial charge in [-0.3, -0.25) is 0 Å². The van der Waals surface area contributed by atoms with Gasteiger partial charge in [-0.05, 0) is 37.1 Å². The standard InChI is InChI=1S/C18H24O2Si/c1-5-21(6-2,15-7-9-17(19)13(3)11-15)16-8-10-18(20)14(4)12-16/h7-12,19-20H,5-6H2,1-4H3. The summed E-state index contributed by atoms with van der Waals surface area (Å²) in [6.07, 6.45) is 0. The van der Waals surface area contributed by atoms with E-state index in [1.165, 1.54) is 10.4 Å². The summed E-state index contributed by atoms with van der Waals surface area (Å²) in [6, 6.07) is 14.3. The molecular formula is C18H24O2Si. The third kappa shape index (κ3) is 2.70. The molecule has 0 amide bonds. The molecule has 0 unspecified atom stereocenters. The van der Waals surface area contributed by atoms with Crippen molar-refractivity contribution in [2.24, 2.45) is 0 Å². The minimum atomic E-state index is -1.83. The summed E-state index contributed by atoms with van der Waals surface area (Å²) in [6.45, 7) is 8.40. The molecule has 2 rings (SSSR count). The first kappa shape index (κ1) is 15.6. The van der Waals surface area contributed by atoms with E-state index in [9.17, 15) is 10.2 Å². The van der Waals surface area contributed by atoms with Crippen LogP contribution in [0.2, 0.25) is 12.1 Å². The number of hydrogen-bond donors (Lipinski definition) is 2. The van der Waals surface area contributed by atoms with Gasteiger partial charge in [-0.2, -0.15) is 0 Å². The van der Waals surface area contributed by atoms with Gasteiger partial charge in [-0.15, -0.1) is 0 Å². The second-order valence-electron chi connectivity index (χ2n) is 5.79. The first-order valence-electron chi connectivity index (χ1n) is 7.54. The SMILES string of the molecule is CC[Si](CC)(c1ccc(O)c(C)c1)c1ccc(O)c(C)c1. The number of hydrogen-bond acceptors (Lipinski definition) is 2. The molecule has 112 valence electrons. The molecule has 21 heavy (non-hydrogen) atoms. The van der Waals surface area contributed by atoms with Crippen LogP contribution in [0.5, 0.6) is 11.5 Å². The predicted molar refractivity (Wildman–Crippen MR) is 91.7 cm³/mol. The van der Waals surface area contributed by atoms with Crippen molar-refractivity contribution in [3.05, 3.63) is 47.5 Å². The molecule has 0 saturated heterocycles. The second kappa shape index (κ2) is 5.94. The van der Waals surface area contributed by atoms with Crippen LogP contribution >= 0.6 is 0 Å². The Hall–Kier alpha value is -1.74. The minimum absolute atomic E-state index is 0.357. The minimum Gasteiger partial charge on any atom is -0.508 e. The van der Waals surface area contributed by atoms with Crippen LogP contribution in [0.4, 0.5) is 0 Å². The van der Waals surface area contributed by atoms with Gasteiger partial charge in [0.15, 0.2) is 0 Å². The van der Waals surface area contributed by atoms with Crippen LogP contribution in [0.15, 0.2) is 36.4 Å². The highest BCUT2D eigenvalue weighted by Gasteiger charge is 2.34. The van der Waals surface area contributed by atoms with Crippen molar-refractivity contribution < 1.29 is 10.2 Å². The molecule has 2 nitrogen and oxygen atoms in total. The fraction of sp³-hybridized carbons (Fsp3) is 0.333. The summed E-state index contributed by atoms with van der Waals surface area (Å²) in [7, 11) is -1.83. The Balaban J connectivity index is 2.63. The summed E-state index contributed by atoms with van der Waals surface area (Å²) < 4.78 is 0. The van der Waals surface area contributed by atoms with Crippen LogP contribution in [-0.4, -0.2) is 18.3 Å². The van der Waals surface area contributed by atoms with Crippen molar-refractivity contribution in [3.8, 4) is 11.5 Å². The number of phenolic OH excluding ortho intramolecular Hbond substituents is 2. The predicted octanol–water partition coefficient (Wildman–Crippen LogP) is 3.32. The molecule has 0 aliphatic carbocycles. The molecule has 2 N–H and O–H groups in total. The molecule has 0 saturated carbocycles. The summed E-state index contributed by atoms with van der Waals surface area (Å²) in [5, 5.41) is 22.3. The van der Waals surface area contributed by atoms with E-state index in [1.54, 1.807) is 0 Å². The highest BCUT2D eigenvalue weighted by atomic mass is 28.3. The maximum atomic E-state index is 9.79. The van der Waals surface area contributed by atoms with Gasteiger partial charge in [0, 0.05) is 0 Å². The average Bonchev–Trinajstić information content (AvgIpc) is 2.48. The Morgan fingerprint density at radius 2 is 1.14 bits per heavy atom. The molecule has 0 aromatic heterocycles. The summed E-state index contributed by atoms with van der Waals surface area (Å²) >= 11 is 0. The first-order chi connectivity index (χ1) is 9.94. The van der Waals surface area contributed by atoms with Crippen molar-refractivity contribution in [1.29, 1.82) is 0 Å². The first-order valence-corrected chi connectivity index (χ1v) is 9.96. The summed E-state index contributed by atoms with van der Waals surface area (Å²) in [4.78, 5) is 0.